The maximum absolute atomic E-state index is 8.49. The van der Waals surface area contributed by atoms with Gasteiger partial charge in [-0.25, -0.2) is 23.0 Å². The van der Waals surface area contributed by atoms with Crippen LogP contribution in [0.3, 0.4) is 0 Å². The third-order valence-electron chi connectivity index (χ3n) is 1.72. The number of hydrogen-bond acceptors (Lipinski definition) is 5. The van der Waals surface area contributed by atoms with Crippen molar-refractivity contribution in [3.63, 3.8) is 0 Å². The molecule has 7 heteroatoms. The largest absolute Gasteiger partial charge is 0.330 e. The number of rotatable bonds is 0. The van der Waals surface area contributed by atoms with Crippen LogP contribution in [-0.4, -0.2) is 4.98 Å². The highest BCUT2D eigenvalue weighted by Gasteiger charge is 2.02. The first-order valence-corrected chi connectivity index (χ1v) is 5.45. The molecule has 0 bridgehead atoms. The summed E-state index contributed by atoms with van der Waals surface area (Å²) in [5.74, 6) is 0. The lowest BCUT2D eigenvalue weighted by molar-refractivity contribution is -2.00. The zero-order chi connectivity index (χ0) is 12.2. The Kier molecular flexibility index (Phi) is 4.11. The van der Waals surface area contributed by atoms with Gasteiger partial charge in [0.05, 0.1) is 12.4 Å². The Morgan fingerprint density at radius 3 is 2.25 bits per heavy atom. The van der Waals surface area contributed by atoms with Crippen LogP contribution in [0.25, 0.3) is 5.65 Å². The Morgan fingerprint density at radius 2 is 1.69 bits per heavy atom. The van der Waals surface area contributed by atoms with E-state index in [0.717, 1.165) is 5.65 Å². The van der Waals surface area contributed by atoms with Crippen LogP contribution >= 0.6 is 0 Å². The predicted octanol–water partition coefficient (Wildman–Crippen LogP) is -3.63. The zero-order valence-electron chi connectivity index (χ0n) is 8.37. The monoisotopic (exact) mass is 244 g/mol. The summed E-state index contributed by atoms with van der Waals surface area (Å²) < 4.78 is 36.0. The second kappa shape index (κ2) is 5.15. The number of fused-ring (bicyclic) bond motifs is 1. The fraction of sp³-hybridized carbons (Fsp3) is 0.111. The number of halogens is 1. The summed E-state index contributed by atoms with van der Waals surface area (Å²) >= 11 is 0. The van der Waals surface area contributed by atoms with Gasteiger partial charge < -0.3 is 0 Å². The van der Waals surface area contributed by atoms with E-state index in [1.54, 1.807) is 0 Å². The summed E-state index contributed by atoms with van der Waals surface area (Å²) in [5, 5.41) is 0. The van der Waals surface area contributed by atoms with E-state index in [-0.39, 0.29) is 0 Å². The minimum Gasteiger partial charge on any atom is -0.222 e. The summed E-state index contributed by atoms with van der Waals surface area (Å²) in [4.78, 5) is 4.24. The third kappa shape index (κ3) is 4.47. The number of hydrogen-bond donors (Lipinski definition) is 0. The first kappa shape index (κ1) is 12.8. The van der Waals surface area contributed by atoms with Crippen molar-refractivity contribution < 1.29 is 33.3 Å². The van der Waals surface area contributed by atoms with Gasteiger partial charge in [-0.15, -0.1) is 10.2 Å². The van der Waals surface area contributed by atoms with Gasteiger partial charge in [0.15, 0.2) is 0 Å². The summed E-state index contributed by atoms with van der Waals surface area (Å²) in [7, 11) is -4.94. The molecule has 0 atom stereocenters. The van der Waals surface area contributed by atoms with Crippen LogP contribution in [0.1, 0.15) is 5.56 Å². The molecule has 0 spiro atoms. The second-order valence-electron chi connectivity index (χ2n) is 2.92. The molecule has 0 saturated carbocycles. The average molecular weight is 245 g/mol. The molecular weight excluding hydrogens is 236 g/mol. The van der Waals surface area contributed by atoms with Crippen LogP contribution < -0.4 is 23.0 Å². The number of aryl methyl sites for hydroxylation is 1. The molecule has 16 heavy (non-hydrogen) atoms. The van der Waals surface area contributed by atoms with E-state index in [9.17, 15) is 0 Å². The molecule has 0 fully saturated rings. The van der Waals surface area contributed by atoms with Crippen LogP contribution in [-0.2, 0) is 0 Å². The van der Waals surface area contributed by atoms with E-state index < -0.39 is 10.2 Å². The first-order chi connectivity index (χ1) is 7.38. The molecule has 6 nitrogen and oxygen atoms in total. The zero-order valence-corrected chi connectivity index (χ0v) is 9.13. The van der Waals surface area contributed by atoms with Gasteiger partial charge in [-0.3, -0.25) is 0 Å². The number of pyridine rings is 1. The van der Waals surface area contributed by atoms with Gasteiger partial charge in [0.25, 0.3) is 0 Å². The molecule has 0 amide bonds. The van der Waals surface area contributed by atoms with Crippen LogP contribution in [0, 0.1) is 17.2 Å². The Bertz CT molecular complexity index is 461. The minimum absolute atomic E-state index is 1.02. The smallest absolute Gasteiger partial charge is 0.222 e. The highest BCUT2D eigenvalue weighted by molar-refractivity contribution is 5.37. The van der Waals surface area contributed by atoms with E-state index in [2.05, 4.69) is 18.0 Å². The molecule has 2 rings (SSSR count). The molecule has 0 unspecified atom stereocenters. The van der Waals surface area contributed by atoms with E-state index in [1.807, 2.05) is 35.1 Å². The Balaban J connectivity index is 0.000000221. The topological polar surface area (TPSA) is 109 Å². The Labute approximate surface area is 93.8 Å². The highest BCUT2D eigenvalue weighted by Crippen LogP contribution is 1.98. The van der Waals surface area contributed by atoms with Crippen molar-refractivity contribution in [3.8, 4) is 0 Å². The molecule has 0 saturated heterocycles. The summed E-state index contributed by atoms with van der Waals surface area (Å²) in [6, 6.07) is 6.00. The van der Waals surface area contributed by atoms with E-state index >= 15 is 0 Å². The highest BCUT2D eigenvalue weighted by atomic mass is 35.7. The fourth-order valence-electron chi connectivity index (χ4n) is 1.16. The maximum Gasteiger partial charge on any atom is 0.330 e. The van der Waals surface area contributed by atoms with Gasteiger partial charge in [-0.1, -0.05) is 0 Å². The second-order valence-corrected chi connectivity index (χ2v) is 3.68. The lowest BCUT2D eigenvalue weighted by Gasteiger charge is -2.17. The van der Waals surface area contributed by atoms with Crippen LogP contribution in [0.4, 0.5) is 0 Å². The summed E-state index contributed by atoms with van der Waals surface area (Å²) in [6.07, 6.45) is 5.80. The molecule has 86 valence electrons. The van der Waals surface area contributed by atoms with Gasteiger partial charge >= 0.3 is 5.65 Å². The lowest BCUT2D eigenvalue weighted by Crippen LogP contribution is -2.68. The molecule has 2 aromatic rings. The third-order valence-corrected chi connectivity index (χ3v) is 1.72. The lowest BCUT2D eigenvalue weighted by atomic mass is 10.3. The maximum atomic E-state index is 8.49. The molecule has 2 aromatic heterocycles. The molecule has 2 heterocycles. The molecule has 0 aliphatic rings. The van der Waals surface area contributed by atoms with E-state index in [0.29, 0.717) is 0 Å². The summed E-state index contributed by atoms with van der Waals surface area (Å²) in [6.45, 7) is 2.06. The van der Waals surface area contributed by atoms with Crippen molar-refractivity contribution in [1.82, 2.24) is 4.98 Å². The Hall–Kier alpha value is -1.31. The number of nitrogens with zero attached hydrogens (tertiary/aromatic N) is 2. The average Bonchev–Trinajstić information content (AvgIpc) is 2.16. The van der Waals surface area contributed by atoms with Gasteiger partial charge in [0.2, 0.25) is 0 Å². The van der Waals surface area contributed by atoms with Gasteiger partial charge in [-0.05, 0) is 24.0 Å². The fourth-order valence-corrected chi connectivity index (χ4v) is 1.16. The first-order valence-electron chi connectivity index (χ1n) is 4.21. The van der Waals surface area contributed by atoms with Crippen molar-refractivity contribution in [2.45, 2.75) is 6.92 Å². The van der Waals surface area contributed by atoms with Crippen LogP contribution in [0.5, 0.6) is 0 Å². The molecule has 0 radical (unpaired) electrons. The number of aromatic nitrogens is 2. The molecule has 0 N–H and O–H groups in total. The van der Waals surface area contributed by atoms with Crippen molar-refractivity contribution >= 4 is 5.65 Å². The predicted molar refractivity (Wildman–Crippen MR) is 42.1 cm³/mol. The van der Waals surface area contributed by atoms with Crippen molar-refractivity contribution in [2.24, 2.45) is 0 Å². The van der Waals surface area contributed by atoms with Gasteiger partial charge in [-0.2, -0.15) is 0 Å². The quantitative estimate of drug-likeness (QED) is 0.444. The molecular formula is C9H9ClN2O4. The van der Waals surface area contributed by atoms with Crippen molar-refractivity contribution in [1.29, 1.82) is 0 Å². The standard InChI is InChI=1S/C9H9N2.ClHO4/c1-8-4-2-6-11-7-3-5-10-9(8)11;2-1(3,4)5/h2-7H,1H3;(H,2,3,4,5)/q+1;/p-1. The van der Waals surface area contributed by atoms with Crippen molar-refractivity contribution in [3.05, 3.63) is 42.4 Å². The minimum atomic E-state index is -4.94. The molecule has 0 aromatic carbocycles. The normalized spacial score (nSPS) is 10.8. The van der Waals surface area contributed by atoms with E-state index in [1.165, 1.54) is 5.56 Å². The summed E-state index contributed by atoms with van der Waals surface area (Å²) in [5.41, 5.74) is 2.23. The van der Waals surface area contributed by atoms with Gasteiger partial charge in [0.1, 0.15) is 6.20 Å². The van der Waals surface area contributed by atoms with E-state index in [4.69, 9.17) is 18.6 Å². The molecule has 0 aliphatic heterocycles. The Morgan fingerprint density at radius 1 is 1.12 bits per heavy atom. The molecule has 0 aliphatic carbocycles. The van der Waals surface area contributed by atoms with Crippen LogP contribution in [0.15, 0.2) is 36.8 Å². The van der Waals surface area contributed by atoms with Crippen molar-refractivity contribution in [2.75, 3.05) is 0 Å². The van der Waals surface area contributed by atoms with Gasteiger partial charge in [0, 0.05) is 11.6 Å². The SMILES string of the molecule is Cc1ccc[n+]2cccnc12.[O-][Cl+3]([O-])([O-])[O-]. The van der Waals surface area contributed by atoms with Crippen LogP contribution in [0.2, 0.25) is 0 Å².